The summed E-state index contributed by atoms with van der Waals surface area (Å²) >= 11 is -2.62. The van der Waals surface area contributed by atoms with Crippen LogP contribution >= 0.6 is 0 Å². The molecule has 0 amide bonds. The standard InChI is InChI=1S/C12H10.C9H18N.C9H13.C6H7Si.CH3.Zr/c1-3-7-11(8-4-1)12-9-5-2-6-10-12;10-9-7-5-3-1-2-4-6-8-9;1-6-5-7(2)9(4)8(6)3;7-6-4-2-1-3-5-6;;/h1-10H;9-10H,1-8H2;6H,1-4H3;1-5H,7H2;1H3;/q;-1;;;;+1. The summed E-state index contributed by atoms with van der Waals surface area (Å²) in [6.07, 6.45) is 11.5. The van der Waals surface area contributed by atoms with E-state index in [0.717, 1.165) is 6.04 Å². The molecule has 1 fully saturated rings. The minimum Gasteiger partial charge on any atom is -0.0622 e. The Morgan fingerprint density at radius 2 is 1.07 bits per heavy atom. The molecule has 0 bridgehead atoms. The minimum absolute atomic E-state index is 0.292. The molecule has 0 aliphatic heterocycles. The summed E-state index contributed by atoms with van der Waals surface area (Å²) in [5, 5.41) is 1.67. The maximum Gasteiger partial charge on any atom is -0.0184 e. The Kier molecular flexibility index (Phi) is 12.0. The van der Waals surface area contributed by atoms with Crippen molar-refractivity contribution < 1.29 is 19.7 Å². The molecule has 0 aromatic heterocycles. The third-order valence-corrected chi connectivity index (χ3v) is 30.1. The maximum atomic E-state index is 4.51. The number of rotatable bonds is 6. The smallest absolute Gasteiger partial charge is 0.0184 e. The predicted octanol–water partition coefficient (Wildman–Crippen LogP) is 9.22. The first kappa shape index (κ1) is 31.1. The van der Waals surface area contributed by atoms with Crippen molar-refractivity contribution in [1.82, 2.24) is 3.26 Å². The zero-order valence-corrected chi connectivity index (χ0v) is 29.6. The molecule has 3 aromatic carbocycles. The first-order valence-corrected chi connectivity index (χ1v) is 27.2. The second-order valence-electron chi connectivity index (χ2n) is 12.3. The summed E-state index contributed by atoms with van der Waals surface area (Å²) in [7, 11) is 0. The Morgan fingerprint density at radius 3 is 1.52 bits per heavy atom. The average Bonchev–Trinajstić information content (AvgIpc) is 3.26. The van der Waals surface area contributed by atoms with Gasteiger partial charge < -0.3 is 0 Å². The molecular weight excluding hydrogens is 578 g/mol. The minimum atomic E-state index is -2.62. The number of hydrogen-bond donors (Lipinski definition) is 1. The third-order valence-electron chi connectivity index (χ3n) is 9.39. The molecule has 0 saturated heterocycles. The Bertz CT molecular complexity index is 1200. The Balaban J connectivity index is 0.000000255. The summed E-state index contributed by atoms with van der Waals surface area (Å²) in [6, 6.07) is 33.1. The van der Waals surface area contributed by atoms with Gasteiger partial charge in [-0.1, -0.05) is 60.7 Å². The first-order chi connectivity index (χ1) is 19.4. The molecule has 1 N–H and O–H groups in total. The van der Waals surface area contributed by atoms with Crippen LogP contribution in [0.1, 0.15) is 79.1 Å². The zero-order valence-electron chi connectivity index (χ0n) is 25.7. The van der Waals surface area contributed by atoms with Gasteiger partial charge in [0.2, 0.25) is 0 Å². The van der Waals surface area contributed by atoms with Crippen molar-refractivity contribution in [2.24, 2.45) is 5.92 Å². The molecule has 40 heavy (non-hydrogen) atoms. The summed E-state index contributed by atoms with van der Waals surface area (Å²) in [5.41, 5.74) is 7.43. The predicted molar refractivity (Wildman–Crippen MR) is 176 cm³/mol. The van der Waals surface area contributed by atoms with Crippen molar-refractivity contribution in [1.29, 1.82) is 0 Å². The molecule has 1 nitrogen and oxygen atoms in total. The monoisotopic (exact) mass is 627 g/mol. The van der Waals surface area contributed by atoms with Crippen LogP contribution in [-0.4, -0.2) is 12.7 Å². The summed E-state index contributed by atoms with van der Waals surface area (Å²) in [5.74, 6) is 0.667. The third kappa shape index (κ3) is 8.37. The summed E-state index contributed by atoms with van der Waals surface area (Å²) in [4.78, 5) is 0. The number of hydrogen-bond acceptors (Lipinski definition) is 1. The number of nitrogens with one attached hydrogen (secondary N) is 1. The van der Waals surface area contributed by atoms with Gasteiger partial charge in [-0.25, -0.2) is 0 Å². The Morgan fingerprint density at radius 1 is 0.625 bits per heavy atom. The van der Waals surface area contributed by atoms with Crippen LogP contribution in [0.25, 0.3) is 11.1 Å². The van der Waals surface area contributed by atoms with Gasteiger partial charge >= 0.3 is 181 Å². The van der Waals surface area contributed by atoms with Crippen molar-refractivity contribution in [3.05, 3.63) is 111 Å². The van der Waals surface area contributed by atoms with Gasteiger partial charge in [0.25, 0.3) is 0 Å². The van der Waals surface area contributed by atoms with Crippen molar-refractivity contribution in [2.75, 3.05) is 0 Å². The van der Waals surface area contributed by atoms with E-state index >= 15 is 0 Å². The second-order valence-corrected chi connectivity index (χ2v) is 33.1. The molecule has 2 aliphatic rings. The molecule has 2 aliphatic carbocycles. The van der Waals surface area contributed by atoms with Gasteiger partial charge in [-0.3, -0.25) is 0 Å². The largest absolute Gasteiger partial charge is 0.0622 e. The summed E-state index contributed by atoms with van der Waals surface area (Å²) < 4.78 is 9.16. The normalized spacial score (nSPS) is 20.5. The molecule has 0 heterocycles. The average molecular weight is 629 g/mol. The van der Waals surface area contributed by atoms with E-state index in [4.69, 9.17) is 0 Å². The van der Waals surface area contributed by atoms with E-state index in [2.05, 4.69) is 114 Å². The molecule has 3 heteroatoms. The fourth-order valence-electron chi connectivity index (χ4n) is 6.97. The topological polar surface area (TPSA) is 12.0 Å². The molecule has 3 aromatic rings. The fourth-order valence-corrected chi connectivity index (χ4v) is 32.3. The van der Waals surface area contributed by atoms with Gasteiger partial charge in [-0.15, -0.1) is 0 Å². The van der Waals surface area contributed by atoms with E-state index in [-0.39, 0.29) is 6.65 Å². The Hall–Kier alpha value is -1.80. The van der Waals surface area contributed by atoms with E-state index in [0.29, 0.717) is 5.92 Å². The number of benzene rings is 3. The van der Waals surface area contributed by atoms with E-state index < -0.39 is 19.7 Å². The fraction of sp³-hybridized carbons (Fsp3) is 0.405. The molecule has 1 saturated carbocycles. The zero-order chi connectivity index (χ0) is 28.4. The molecule has 0 spiro atoms. The molecule has 2 unspecified atom stereocenters. The van der Waals surface area contributed by atoms with Crippen LogP contribution in [0.15, 0.2) is 111 Å². The van der Waals surface area contributed by atoms with Crippen LogP contribution in [0.5, 0.6) is 0 Å². The van der Waals surface area contributed by atoms with E-state index in [1.165, 1.54) is 62.5 Å². The molecule has 212 valence electrons. The van der Waals surface area contributed by atoms with Gasteiger partial charge in [0.1, 0.15) is 0 Å². The van der Waals surface area contributed by atoms with Crippen LogP contribution in [0.4, 0.5) is 0 Å². The molecule has 5 rings (SSSR count). The second kappa shape index (κ2) is 15.4. The van der Waals surface area contributed by atoms with Crippen LogP contribution in [0.2, 0.25) is 4.63 Å². The van der Waals surface area contributed by atoms with Crippen molar-refractivity contribution in [2.45, 2.75) is 89.7 Å². The van der Waals surface area contributed by atoms with Crippen molar-refractivity contribution >= 4 is 11.8 Å². The SMILES string of the molecule is CC1=C(C)C(C)[C]([Zr]([CH3])([NH]C2CCCCCCCC2)[SiH2]c2ccccc2)=C1C.c1ccc(-c2ccccc2)cc1. The van der Waals surface area contributed by atoms with E-state index in [1.807, 2.05) is 15.4 Å². The van der Waals surface area contributed by atoms with Crippen LogP contribution in [-0.2, 0) is 19.7 Å². The van der Waals surface area contributed by atoms with Gasteiger partial charge in [0, 0.05) is 0 Å². The van der Waals surface area contributed by atoms with E-state index in [9.17, 15) is 0 Å². The van der Waals surface area contributed by atoms with Crippen LogP contribution in [0.3, 0.4) is 0 Å². The Labute approximate surface area is 251 Å². The van der Waals surface area contributed by atoms with Crippen molar-refractivity contribution in [3.63, 3.8) is 0 Å². The van der Waals surface area contributed by atoms with Gasteiger partial charge in [-0.2, -0.15) is 0 Å². The maximum absolute atomic E-state index is 4.51. The van der Waals surface area contributed by atoms with E-state index in [1.54, 1.807) is 21.9 Å². The van der Waals surface area contributed by atoms with Gasteiger partial charge in [0.05, 0.1) is 0 Å². The molecule has 0 radical (unpaired) electrons. The van der Waals surface area contributed by atoms with Crippen molar-refractivity contribution in [3.8, 4) is 11.1 Å². The summed E-state index contributed by atoms with van der Waals surface area (Å²) in [6.45, 7) is 9.37. The van der Waals surface area contributed by atoms with Gasteiger partial charge in [-0.05, 0) is 11.1 Å². The van der Waals surface area contributed by atoms with Crippen LogP contribution in [0, 0.1) is 5.92 Å². The first-order valence-electron chi connectivity index (χ1n) is 15.7. The quantitative estimate of drug-likeness (QED) is 0.268. The molecular formula is C37H51NSiZr. The molecule has 2 atom stereocenters. The van der Waals surface area contributed by atoms with Gasteiger partial charge in [0.15, 0.2) is 0 Å². The van der Waals surface area contributed by atoms with Crippen LogP contribution < -0.4 is 8.45 Å². The number of allylic oxidation sites excluding steroid dienone is 4.